The van der Waals surface area contributed by atoms with Crippen molar-refractivity contribution in [2.75, 3.05) is 12.4 Å². The van der Waals surface area contributed by atoms with E-state index in [1.165, 1.54) is 0 Å². The van der Waals surface area contributed by atoms with Crippen LogP contribution in [0.5, 0.6) is 5.75 Å². The Morgan fingerprint density at radius 3 is 2.38 bits per heavy atom. The zero-order valence-corrected chi connectivity index (χ0v) is 11.4. The highest BCUT2D eigenvalue weighted by Crippen LogP contribution is 2.27. The second kappa shape index (κ2) is 5.25. The van der Waals surface area contributed by atoms with E-state index in [1.807, 2.05) is 48.5 Å². The maximum absolute atomic E-state index is 11.8. The molecule has 0 aromatic heterocycles. The van der Waals surface area contributed by atoms with Gasteiger partial charge in [-0.3, -0.25) is 9.59 Å². The van der Waals surface area contributed by atoms with Crippen LogP contribution in [0.3, 0.4) is 0 Å². The number of rotatable bonds is 4. The van der Waals surface area contributed by atoms with Crippen molar-refractivity contribution in [3.63, 3.8) is 0 Å². The van der Waals surface area contributed by atoms with Gasteiger partial charge in [-0.1, -0.05) is 36.4 Å². The molecule has 3 aromatic carbocycles. The minimum absolute atomic E-state index is 0.333. The van der Waals surface area contributed by atoms with Gasteiger partial charge in [-0.2, -0.15) is 0 Å². The molecule has 4 nitrogen and oxygen atoms in total. The van der Waals surface area contributed by atoms with Crippen LogP contribution in [0.15, 0.2) is 64.2 Å². The molecule has 0 fully saturated rings. The summed E-state index contributed by atoms with van der Waals surface area (Å²) in [6.45, 7) is 0. The molecule has 0 heterocycles. The van der Waals surface area contributed by atoms with Gasteiger partial charge in [0.25, 0.3) is 5.43 Å². The summed E-state index contributed by atoms with van der Waals surface area (Å²) < 4.78 is 5.14. The smallest absolute Gasteiger partial charge is 0.250 e. The lowest BCUT2D eigenvalue weighted by Crippen LogP contribution is -2.35. The Kier molecular flexibility index (Phi) is 3.28. The molecule has 0 saturated heterocycles. The Labute approximate surface area is 121 Å². The van der Waals surface area contributed by atoms with Gasteiger partial charge in [0.1, 0.15) is 11.4 Å². The van der Waals surface area contributed by atoms with Crippen LogP contribution in [-0.2, 0) is 0 Å². The topological polar surface area (TPSA) is 55.4 Å². The average molecular weight is 279 g/mol. The quantitative estimate of drug-likeness (QED) is 0.746. The minimum atomic E-state index is -0.489. The summed E-state index contributed by atoms with van der Waals surface area (Å²) in [6.07, 6.45) is 0. The molecule has 0 atom stereocenters. The highest BCUT2D eigenvalue weighted by atomic mass is 16.5. The fourth-order valence-corrected chi connectivity index (χ4v) is 2.24. The molecule has 0 aliphatic heterocycles. The Morgan fingerprint density at radius 2 is 1.67 bits per heavy atom. The SMILES string of the molecule is COc1cccc(Nc2c(-c3ccccc3)c(=O)c2=O)c1. The van der Waals surface area contributed by atoms with Crippen molar-refractivity contribution in [3.8, 4) is 16.9 Å². The van der Waals surface area contributed by atoms with Crippen molar-refractivity contribution in [1.29, 1.82) is 0 Å². The first-order valence-electron chi connectivity index (χ1n) is 6.50. The van der Waals surface area contributed by atoms with Gasteiger partial charge in [-0.25, -0.2) is 0 Å². The molecule has 0 aliphatic carbocycles. The van der Waals surface area contributed by atoms with Gasteiger partial charge in [-0.15, -0.1) is 0 Å². The average Bonchev–Trinajstić information content (AvgIpc) is 2.55. The molecule has 104 valence electrons. The molecule has 3 aromatic rings. The van der Waals surface area contributed by atoms with E-state index in [-0.39, 0.29) is 0 Å². The van der Waals surface area contributed by atoms with Crippen molar-refractivity contribution in [3.05, 3.63) is 75.0 Å². The molecule has 0 unspecified atom stereocenters. The fraction of sp³-hybridized carbons (Fsp3) is 0.0588. The van der Waals surface area contributed by atoms with Crippen LogP contribution < -0.4 is 20.9 Å². The largest absolute Gasteiger partial charge is 0.497 e. The van der Waals surface area contributed by atoms with Gasteiger partial charge in [0.15, 0.2) is 0 Å². The molecule has 21 heavy (non-hydrogen) atoms. The number of methoxy groups -OCH3 is 1. The first-order valence-corrected chi connectivity index (χ1v) is 6.50. The number of hydrogen-bond acceptors (Lipinski definition) is 4. The number of nitrogens with one attached hydrogen (secondary N) is 1. The molecular weight excluding hydrogens is 266 g/mol. The van der Waals surface area contributed by atoms with Crippen molar-refractivity contribution >= 4 is 11.4 Å². The number of hydrogen-bond donors (Lipinski definition) is 1. The maximum atomic E-state index is 11.8. The standard InChI is InChI=1S/C17H13NO3/c1-21-13-9-5-8-12(10-13)18-15-14(16(19)17(15)20)11-6-3-2-4-7-11/h2-10,18H,1H3. The highest BCUT2D eigenvalue weighted by Gasteiger charge is 2.22. The zero-order chi connectivity index (χ0) is 14.8. The van der Waals surface area contributed by atoms with Crippen molar-refractivity contribution < 1.29 is 4.74 Å². The highest BCUT2D eigenvalue weighted by molar-refractivity contribution is 5.84. The zero-order valence-electron chi connectivity index (χ0n) is 11.4. The molecule has 0 bridgehead atoms. The van der Waals surface area contributed by atoms with E-state index < -0.39 is 10.9 Å². The molecule has 0 radical (unpaired) electrons. The van der Waals surface area contributed by atoms with E-state index in [0.29, 0.717) is 22.7 Å². The third-order valence-electron chi connectivity index (χ3n) is 3.31. The van der Waals surface area contributed by atoms with Crippen LogP contribution in [0.2, 0.25) is 0 Å². The van der Waals surface area contributed by atoms with Crippen molar-refractivity contribution in [2.24, 2.45) is 0 Å². The monoisotopic (exact) mass is 279 g/mol. The fourth-order valence-electron chi connectivity index (χ4n) is 2.24. The Hall–Kier alpha value is -2.88. The summed E-state index contributed by atoms with van der Waals surface area (Å²) in [4.78, 5) is 23.6. The molecule has 3 rings (SSSR count). The summed E-state index contributed by atoms with van der Waals surface area (Å²) in [7, 11) is 1.58. The molecule has 0 aliphatic rings. The minimum Gasteiger partial charge on any atom is -0.497 e. The Morgan fingerprint density at radius 1 is 0.905 bits per heavy atom. The Bertz CT molecular complexity index is 846. The summed E-state index contributed by atoms with van der Waals surface area (Å²) in [5, 5.41) is 3.01. The summed E-state index contributed by atoms with van der Waals surface area (Å²) in [5.41, 5.74) is 1.28. The summed E-state index contributed by atoms with van der Waals surface area (Å²) >= 11 is 0. The number of ether oxygens (including phenoxy) is 1. The second-order valence-electron chi connectivity index (χ2n) is 4.63. The van der Waals surface area contributed by atoms with Crippen molar-refractivity contribution in [1.82, 2.24) is 0 Å². The molecule has 1 N–H and O–H groups in total. The third kappa shape index (κ3) is 2.31. The van der Waals surface area contributed by atoms with Crippen LogP contribution in [0, 0.1) is 0 Å². The van der Waals surface area contributed by atoms with Crippen LogP contribution in [0.1, 0.15) is 0 Å². The normalized spacial score (nSPS) is 10.5. The Balaban J connectivity index is 1.99. The first kappa shape index (κ1) is 13.1. The molecule has 4 heteroatoms. The predicted octanol–water partition coefficient (Wildman–Crippen LogP) is 2.70. The maximum Gasteiger partial charge on any atom is 0.250 e. The molecule has 0 saturated carbocycles. The summed E-state index contributed by atoms with van der Waals surface area (Å²) in [6, 6.07) is 16.4. The first-order chi connectivity index (χ1) is 10.2. The van der Waals surface area contributed by atoms with Crippen LogP contribution in [0.4, 0.5) is 11.4 Å². The van der Waals surface area contributed by atoms with E-state index >= 15 is 0 Å². The van der Waals surface area contributed by atoms with Gasteiger partial charge in [0.05, 0.1) is 12.7 Å². The van der Waals surface area contributed by atoms with E-state index in [2.05, 4.69) is 5.32 Å². The van der Waals surface area contributed by atoms with Gasteiger partial charge in [0, 0.05) is 11.8 Å². The van der Waals surface area contributed by atoms with Crippen LogP contribution in [-0.4, -0.2) is 7.11 Å². The molecule has 0 amide bonds. The molecule has 0 spiro atoms. The summed E-state index contributed by atoms with van der Waals surface area (Å²) in [5.74, 6) is 0.681. The van der Waals surface area contributed by atoms with E-state index in [0.717, 1.165) is 5.56 Å². The third-order valence-corrected chi connectivity index (χ3v) is 3.31. The van der Waals surface area contributed by atoms with Crippen LogP contribution in [0.25, 0.3) is 11.1 Å². The van der Waals surface area contributed by atoms with Crippen LogP contribution >= 0.6 is 0 Å². The van der Waals surface area contributed by atoms with Crippen molar-refractivity contribution in [2.45, 2.75) is 0 Å². The predicted molar refractivity (Wildman–Crippen MR) is 83.1 cm³/mol. The van der Waals surface area contributed by atoms with E-state index in [1.54, 1.807) is 13.2 Å². The lowest BCUT2D eigenvalue weighted by molar-refractivity contribution is 0.415. The second-order valence-corrected chi connectivity index (χ2v) is 4.63. The lowest BCUT2D eigenvalue weighted by atomic mass is 9.98. The number of anilines is 2. The van der Waals surface area contributed by atoms with E-state index in [4.69, 9.17) is 4.74 Å². The van der Waals surface area contributed by atoms with Gasteiger partial charge in [0.2, 0.25) is 5.43 Å². The van der Waals surface area contributed by atoms with Gasteiger partial charge < -0.3 is 10.1 Å². The van der Waals surface area contributed by atoms with Gasteiger partial charge in [-0.05, 0) is 17.7 Å². The van der Waals surface area contributed by atoms with Gasteiger partial charge >= 0.3 is 0 Å². The number of benzene rings is 2. The molecular formula is C17H13NO3. The van der Waals surface area contributed by atoms with E-state index in [9.17, 15) is 9.59 Å². The lowest BCUT2D eigenvalue weighted by Gasteiger charge is -2.14.